The SMILES string of the molecule is COC(=O)C1CN(C2CCC3=CC(C4CN(c5cccc(F)c5)C4)C(C)C=C32)C1. The second-order valence-electron chi connectivity index (χ2n) is 9.12. The van der Waals surface area contributed by atoms with Crippen molar-refractivity contribution in [3.05, 3.63) is 53.4 Å². The molecule has 0 N–H and O–H groups in total. The molecule has 3 unspecified atom stereocenters. The number of hydrogen-bond acceptors (Lipinski definition) is 4. The first-order valence-electron chi connectivity index (χ1n) is 10.8. The summed E-state index contributed by atoms with van der Waals surface area (Å²) in [5, 5.41) is 0. The summed E-state index contributed by atoms with van der Waals surface area (Å²) < 4.78 is 18.4. The van der Waals surface area contributed by atoms with Gasteiger partial charge in [0.25, 0.3) is 0 Å². The molecule has 1 saturated carbocycles. The van der Waals surface area contributed by atoms with Crippen LogP contribution in [0.1, 0.15) is 19.8 Å². The number of carbonyl (C=O) groups excluding carboxylic acids is 1. The molecule has 0 spiro atoms. The van der Waals surface area contributed by atoms with Crippen molar-refractivity contribution in [1.29, 1.82) is 0 Å². The van der Waals surface area contributed by atoms with E-state index in [1.807, 2.05) is 6.07 Å². The van der Waals surface area contributed by atoms with Crippen molar-refractivity contribution in [2.24, 2.45) is 23.7 Å². The van der Waals surface area contributed by atoms with Crippen LogP contribution in [0.3, 0.4) is 0 Å². The lowest BCUT2D eigenvalue weighted by atomic mass is 9.73. The van der Waals surface area contributed by atoms with Crippen LogP contribution in [-0.4, -0.2) is 50.2 Å². The summed E-state index contributed by atoms with van der Waals surface area (Å²) in [6, 6.07) is 7.39. The predicted molar refractivity (Wildman–Crippen MR) is 111 cm³/mol. The third kappa shape index (κ3) is 3.29. The van der Waals surface area contributed by atoms with Gasteiger partial charge in [-0.15, -0.1) is 0 Å². The van der Waals surface area contributed by atoms with Gasteiger partial charge in [-0.05, 0) is 54.0 Å². The molecule has 3 atom stereocenters. The molecule has 4 nitrogen and oxygen atoms in total. The van der Waals surface area contributed by atoms with Crippen molar-refractivity contribution in [3.63, 3.8) is 0 Å². The van der Waals surface area contributed by atoms with Gasteiger partial charge in [-0.2, -0.15) is 0 Å². The Hall–Kier alpha value is -2.14. The monoisotopic (exact) mass is 396 g/mol. The lowest BCUT2D eigenvalue weighted by Crippen LogP contribution is -2.55. The molecular weight excluding hydrogens is 367 g/mol. The van der Waals surface area contributed by atoms with Crippen molar-refractivity contribution in [1.82, 2.24) is 4.90 Å². The highest BCUT2D eigenvalue weighted by atomic mass is 19.1. The maximum atomic E-state index is 13.5. The molecule has 4 aliphatic rings. The molecule has 2 saturated heterocycles. The fourth-order valence-corrected chi connectivity index (χ4v) is 5.65. The molecule has 0 radical (unpaired) electrons. The predicted octanol–water partition coefficient (Wildman–Crippen LogP) is 3.65. The molecule has 1 aromatic rings. The summed E-state index contributed by atoms with van der Waals surface area (Å²) in [5.41, 5.74) is 4.01. The summed E-state index contributed by atoms with van der Waals surface area (Å²) in [5.74, 6) is 1.53. The lowest BCUT2D eigenvalue weighted by Gasteiger charge is -2.47. The maximum Gasteiger partial charge on any atom is 0.311 e. The summed E-state index contributed by atoms with van der Waals surface area (Å²) in [6.45, 7) is 5.98. The van der Waals surface area contributed by atoms with Gasteiger partial charge in [-0.3, -0.25) is 9.69 Å². The Bertz CT molecular complexity index is 867. The number of likely N-dealkylation sites (tertiary alicyclic amines) is 1. The largest absolute Gasteiger partial charge is 0.469 e. The highest BCUT2D eigenvalue weighted by molar-refractivity contribution is 5.74. The van der Waals surface area contributed by atoms with Gasteiger partial charge in [0.05, 0.1) is 13.0 Å². The van der Waals surface area contributed by atoms with Crippen molar-refractivity contribution >= 4 is 11.7 Å². The van der Waals surface area contributed by atoms with Crippen molar-refractivity contribution < 1.29 is 13.9 Å². The number of carbonyl (C=O) groups is 1. The van der Waals surface area contributed by atoms with Crippen LogP contribution in [-0.2, 0) is 9.53 Å². The van der Waals surface area contributed by atoms with Gasteiger partial charge in [-0.1, -0.05) is 25.1 Å². The third-order valence-electron chi connectivity index (χ3n) is 7.37. The van der Waals surface area contributed by atoms with Crippen LogP contribution >= 0.6 is 0 Å². The smallest absolute Gasteiger partial charge is 0.311 e. The Kier molecular flexibility index (Phi) is 4.73. The average molecular weight is 397 g/mol. The van der Waals surface area contributed by atoms with E-state index in [0.717, 1.165) is 44.7 Å². The Labute approximate surface area is 172 Å². The molecule has 2 heterocycles. The van der Waals surface area contributed by atoms with E-state index in [-0.39, 0.29) is 17.7 Å². The van der Waals surface area contributed by atoms with Gasteiger partial charge in [0.15, 0.2) is 0 Å². The van der Waals surface area contributed by atoms with Gasteiger partial charge < -0.3 is 9.64 Å². The van der Waals surface area contributed by atoms with Gasteiger partial charge in [0, 0.05) is 43.8 Å². The number of anilines is 1. The Balaban J connectivity index is 1.21. The second kappa shape index (κ2) is 7.28. The minimum Gasteiger partial charge on any atom is -0.469 e. The topological polar surface area (TPSA) is 32.8 Å². The highest BCUT2D eigenvalue weighted by Crippen LogP contribution is 2.45. The van der Waals surface area contributed by atoms with E-state index < -0.39 is 0 Å². The molecule has 3 fully saturated rings. The van der Waals surface area contributed by atoms with Crippen LogP contribution in [0.15, 0.2) is 47.6 Å². The zero-order valence-corrected chi connectivity index (χ0v) is 17.2. The molecule has 0 bridgehead atoms. The highest BCUT2D eigenvalue weighted by Gasteiger charge is 2.44. The molecule has 1 aromatic carbocycles. The minimum absolute atomic E-state index is 0.0474. The number of ether oxygens (including phenoxy) is 1. The minimum atomic E-state index is -0.163. The number of hydrogen-bond donors (Lipinski definition) is 0. The molecule has 0 aromatic heterocycles. The van der Waals surface area contributed by atoms with E-state index in [9.17, 15) is 9.18 Å². The van der Waals surface area contributed by atoms with Crippen LogP contribution in [0.4, 0.5) is 10.1 Å². The number of methoxy groups -OCH3 is 1. The van der Waals surface area contributed by atoms with Gasteiger partial charge in [0.1, 0.15) is 5.82 Å². The van der Waals surface area contributed by atoms with Crippen LogP contribution in [0.5, 0.6) is 0 Å². The molecule has 2 aliphatic carbocycles. The van der Waals surface area contributed by atoms with Gasteiger partial charge >= 0.3 is 5.97 Å². The molecule has 154 valence electrons. The number of allylic oxidation sites excluding steroid dienone is 2. The van der Waals surface area contributed by atoms with E-state index in [1.165, 1.54) is 24.3 Å². The van der Waals surface area contributed by atoms with Crippen LogP contribution < -0.4 is 4.90 Å². The summed E-state index contributed by atoms with van der Waals surface area (Å²) in [7, 11) is 1.47. The standard InChI is InChI=1S/C24H29FN2O2/c1-15-8-22-16(6-7-23(22)27-13-18(14-27)24(28)29-2)9-21(15)17-11-26(12-17)20-5-3-4-19(25)10-20/h3-5,8-10,15,17-18,21,23H,6-7,11-14H2,1-2H3. The maximum absolute atomic E-state index is 13.5. The van der Waals surface area contributed by atoms with E-state index >= 15 is 0 Å². The molecule has 2 aliphatic heterocycles. The number of esters is 1. The summed E-state index contributed by atoms with van der Waals surface area (Å²) in [4.78, 5) is 16.4. The van der Waals surface area contributed by atoms with E-state index in [4.69, 9.17) is 4.74 Å². The first-order valence-corrected chi connectivity index (χ1v) is 10.8. The second-order valence-corrected chi connectivity index (χ2v) is 9.12. The zero-order chi connectivity index (χ0) is 20.1. The Morgan fingerprint density at radius 3 is 2.69 bits per heavy atom. The lowest BCUT2D eigenvalue weighted by molar-refractivity contribution is -0.152. The van der Waals surface area contributed by atoms with Crippen molar-refractivity contribution in [2.45, 2.75) is 25.8 Å². The quantitative estimate of drug-likeness (QED) is 0.728. The summed E-state index contributed by atoms with van der Waals surface area (Å²) >= 11 is 0. The fourth-order valence-electron chi connectivity index (χ4n) is 5.65. The van der Waals surface area contributed by atoms with Crippen LogP contribution in [0, 0.1) is 29.5 Å². The molecule has 5 heteroatoms. The van der Waals surface area contributed by atoms with Crippen LogP contribution in [0.25, 0.3) is 0 Å². The van der Waals surface area contributed by atoms with E-state index in [1.54, 1.807) is 12.1 Å². The zero-order valence-electron chi connectivity index (χ0n) is 17.2. The Morgan fingerprint density at radius 2 is 1.97 bits per heavy atom. The van der Waals surface area contributed by atoms with Crippen LogP contribution in [0.2, 0.25) is 0 Å². The normalized spacial score (nSPS) is 30.2. The first-order chi connectivity index (χ1) is 14.0. The fraction of sp³-hybridized carbons (Fsp3) is 0.542. The molecule has 29 heavy (non-hydrogen) atoms. The first kappa shape index (κ1) is 18.9. The number of rotatable bonds is 4. The number of benzene rings is 1. The molecule has 0 amide bonds. The van der Waals surface area contributed by atoms with Crippen molar-refractivity contribution in [2.75, 3.05) is 38.2 Å². The van der Waals surface area contributed by atoms with Gasteiger partial charge in [-0.25, -0.2) is 4.39 Å². The van der Waals surface area contributed by atoms with E-state index in [2.05, 4.69) is 28.9 Å². The number of halogens is 1. The van der Waals surface area contributed by atoms with Crippen molar-refractivity contribution in [3.8, 4) is 0 Å². The number of nitrogens with zero attached hydrogens (tertiary/aromatic N) is 2. The average Bonchev–Trinajstić information content (AvgIpc) is 3.02. The van der Waals surface area contributed by atoms with Gasteiger partial charge in [0.2, 0.25) is 0 Å². The molecule has 5 rings (SSSR count). The molecular formula is C24H29FN2O2. The summed E-state index contributed by atoms with van der Waals surface area (Å²) in [6.07, 6.45) is 7.32. The third-order valence-corrected chi connectivity index (χ3v) is 7.37. The van der Waals surface area contributed by atoms with E-state index in [0.29, 0.717) is 23.8 Å². The Morgan fingerprint density at radius 1 is 1.17 bits per heavy atom. The number of fused-ring (bicyclic) bond motifs is 1.